The lowest BCUT2D eigenvalue weighted by atomic mass is 10.2. The van der Waals surface area contributed by atoms with Gasteiger partial charge < -0.3 is 14.8 Å². The molecule has 2 heterocycles. The molecule has 1 aliphatic heterocycles. The summed E-state index contributed by atoms with van der Waals surface area (Å²) in [5.74, 6) is 0.191. The number of halogens is 1. The number of aromatic nitrogens is 1. The van der Waals surface area contributed by atoms with Crippen LogP contribution in [-0.2, 0) is 18.0 Å². The highest BCUT2D eigenvalue weighted by Crippen LogP contribution is 2.14. The Labute approximate surface area is 175 Å². The summed E-state index contributed by atoms with van der Waals surface area (Å²) in [6.45, 7) is 2.63. The molecule has 0 bridgehead atoms. The maximum atomic E-state index is 13.0. The first-order valence-electron chi connectivity index (χ1n) is 10.2. The minimum absolute atomic E-state index is 0.178. The summed E-state index contributed by atoms with van der Waals surface area (Å²) in [5.41, 5.74) is 2.51. The van der Waals surface area contributed by atoms with Crippen LogP contribution in [0.25, 0.3) is 5.69 Å². The van der Waals surface area contributed by atoms with E-state index in [2.05, 4.69) is 5.32 Å². The van der Waals surface area contributed by atoms with Crippen molar-refractivity contribution < 1.29 is 13.9 Å². The zero-order valence-corrected chi connectivity index (χ0v) is 16.7. The number of pyridine rings is 1. The fraction of sp³-hybridized carbons (Fsp3) is 0.292. The van der Waals surface area contributed by atoms with E-state index in [-0.39, 0.29) is 18.0 Å². The van der Waals surface area contributed by atoms with Crippen LogP contribution in [0.5, 0.6) is 5.75 Å². The van der Waals surface area contributed by atoms with Gasteiger partial charge in [0.1, 0.15) is 18.2 Å². The second-order valence-corrected chi connectivity index (χ2v) is 7.46. The van der Waals surface area contributed by atoms with Gasteiger partial charge in [0.25, 0.3) is 5.56 Å². The molecule has 2 aromatic carbocycles. The van der Waals surface area contributed by atoms with Crippen molar-refractivity contribution >= 4 is 0 Å². The van der Waals surface area contributed by atoms with Crippen molar-refractivity contribution in [3.05, 3.63) is 94.2 Å². The van der Waals surface area contributed by atoms with E-state index in [1.165, 1.54) is 31.0 Å². The molecule has 156 valence electrons. The predicted molar refractivity (Wildman–Crippen MR) is 113 cm³/mol. The minimum Gasteiger partial charge on any atom is -0.489 e. The number of ether oxygens (including phenoxy) is 2. The quantitative estimate of drug-likeness (QED) is 0.616. The number of benzene rings is 2. The molecule has 3 aromatic rings. The Balaban J connectivity index is 1.34. The molecule has 1 saturated heterocycles. The molecule has 0 amide bonds. The average Bonchev–Trinajstić information content (AvgIpc) is 3.28. The van der Waals surface area contributed by atoms with Gasteiger partial charge in [-0.1, -0.05) is 24.3 Å². The minimum atomic E-state index is -0.287. The van der Waals surface area contributed by atoms with Crippen molar-refractivity contribution in [3.63, 3.8) is 0 Å². The average molecular weight is 408 g/mol. The Morgan fingerprint density at radius 2 is 1.73 bits per heavy atom. The molecule has 0 radical (unpaired) electrons. The third kappa shape index (κ3) is 5.34. The first kappa shape index (κ1) is 20.3. The number of nitrogens with zero attached hydrogens (tertiary/aromatic N) is 1. The van der Waals surface area contributed by atoms with Gasteiger partial charge in [0.15, 0.2) is 0 Å². The Kier molecular flexibility index (Phi) is 6.57. The Morgan fingerprint density at radius 3 is 2.43 bits per heavy atom. The van der Waals surface area contributed by atoms with Crippen molar-refractivity contribution in [1.29, 1.82) is 0 Å². The molecule has 0 aliphatic carbocycles. The third-order valence-electron chi connectivity index (χ3n) is 5.17. The van der Waals surface area contributed by atoms with Gasteiger partial charge in [-0.3, -0.25) is 9.36 Å². The van der Waals surface area contributed by atoms with E-state index >= 15 is 0 Å². The molecule has 1 atom stereocenters. The van der Waals surface area contributed by atoms with Gasteiger partial charge in [0.05, 0.1) is 13.2 Å². The predicted octanol–water partition coefficient (Wildman–Crippen LogP) is 3.82. The first-order valence-corrected chi connectivity index (χ1v) is 10.2. The number of rotatable bonds is 8. The van der Waals surface area contributed by atoms with Crippen LogP contribution in [0.2, 0.25) is 0 Å². The molecule has 6 heteroatoms. The summed E-state index contributed by atoms with van der Waals surface area (Å²) in [7, 11) is 0. The van der Waals surface area contributed by atoms with Crippen LogP contribution < -0.4 is 15.6 Å². The van der Waals surface area contributed by atoms with E-state index in [0.29, 0.717) is 18.4 Å². The number of hydrogen-bond donors (Lipinski definition) is 1. The first-order chi connectivity index (χ1) is 14.7. The van der Waals surface area contributed by atoms with Crippen molar-refractivity contribution in [3.8, 4) is 11.4 Å². The lowest BCUT2D eigenvalue weighted by Gasteiger charge is -2.12. The Hall–Kier alpha value is -2.96. The maximum Gasteiger partial charge on any atom is 0.258 e. The topological polar surface area (TPSA) is 52.5 Å². The van der Waals surface area contributed by atoms with Crippen molar-refractivity contribution in [1.82, 2.24) is 9.88 Å². The Morgan fingerprint density at radius 1 is 1.00 bits per heavy atom. The summed E-state index contributed by atoms with van der Waals surface area (Å²) in [4.78, 5) is 12.5. The molecule has 0 spiro atoms. The van der Waals surface area contributed by atoms with Crippen LogP contribution in [-0.4, -0.2) is 23.8 Å². The molecule has 1 N–H and O–H groups in total. The lowest BCUT2D eigenvalue weighted by Crippen LogP contribution is -2.26. The highest BCUT2D eigenvalue weighted by Gasteiger charge is 2.13. The third-order valence-corrected chi connectivity index (χ3v) is 5.17. The van der Waals surface area contributed by atoms with E-state index in [9.17, 15) is 9.18 Å². The van der Waals surface area contributed by atoms with Crippen LogP contribution in [0.15, 0.2) is 71.7 Å². The largest absolute Gasteiger partial charge is 0.489 e. The molecular weight excluding hydrogens is 383 g/mol. The molecule has 1 unspecified atom stereocenters. The van der Waals surface area contributed by atoms with Gasteiger partial charge in [-0.25, -0.2) is 4.39 Å². The molecular formula is C24H25FN2O3. The van der Waals surface area contributed by atoms with Crippen LogP contribution in [0, 0.1) is 5.82 Å². The summed E-state index contributed by atoms with van der Waals surface area (Å²) in [6.07, 6.45) is 4.08. The molecule has 0 saturated carbocycles. The van der Waals surface area contributed by atoms with E-state index < -0.39 is 0 Å². The van der Waals surface area contributed by atoms with Crippen molar-refractivity contribution in [2.75, 3.05) is 13.2 Å². The summed E-state index contributed by atoms with van der Waals surface area (Å²) in [5, 5.41) is 3.42. The fourth-order valence-electron chi connectivity index (χ4n) is 3.48. The van der Waals surface area contributed by atoms with Crippen LogP contribution in [0.4, 0.5) is 4.39 Å². The van der Waals surface area contributed by atoms with Gasteiger partial charge >= 0.3 is 0 Å². The smallest absolute Gasteiger partial charge is 0.258 e. The molecule has 5 nitrogen and oxygen atoms in total. The standard InChI is InChI=1S/C24H25FN2O3/c25-20-7-3-19(4-8-20)16-30-23-11-13-27(24(28)14-23)22-9-5-18(6-10-22)15-29-17-21-2-1-12-26-21/h3-11,13-14,21,26H,1-2,12,15-17H2. The van der Waals surface area contributed by atoms with Gasteiger partial charge in [-0.05, 0) is 60.8 Å². The molecule has 30 heavy (non-hydrogen) atoms. The summed E-state index contributed by atoms with van der Waals surface area (Å²) >= 11 is 0. The summed E-state index contributed by atoms with van der Waals surface area (Å²) < 4.78 is 26.0. The maximum absolute atomic E-state index is 13.0. The van der Waals surface area contributed by atoms with Crippen molar-refractivity contribution in [2.24, 2.45) is 0 Å². The van der Waals surface area contributed by atoms with E-state index in [4.69, 9.17) is 9.47 Å². The highest BCUT2D eigenvalue weighted by atomic mass is 19.1. The zero-order valence-electron chi connectivity index (χ0n) is 16.7. The number of nitrogens with one attached hydrogen (secondary N) is 1. The van der Waals surface area contributed by atoms with E-state index in [1.807, 2.05) is 24.3 Å². The van der Waals surface area contributed by atoms with Crippen LogP contribution in [0.1, 0.15) is 24.0 Å². The lowest BCUT2D eigenvalue weighted by molar-refractivity contribution is 0.103. The zero-order chi connectivity index (χ0) is 20.8. The van der Waals surface area contributed by atoms with Gasteiger partial charge in [-0.2, -0.15) is 0 Å². The van der Waals surface area contributed by atoms with Crippen LogP contribution >= 0.6 is 0 Å². The fourth-order valence-corrected chi connectivity index (χ4v) is 3.48. The second-order valence-electron chi connectivity index (χ2n) is 7.46. The molecule has 1 aromatic heterocycles. The normalized spacial score (nSPS) is 16.0. The molecule has 1 aliphatic rings. The van der Waals surface area contributed by atoms with Gasteiger partial charge in [0, 0.05) is 24.0 Å². The SMILES string of the molecule is O=c1cc(OCc2ccc(F)cc2)ccn1-c1ccc(COCC2CCCN2)cc1. The van der Waals surface area contributed by atoms with E-state index in [1.54, 1.807) is 29.0 Å². The number of hydrogen-bond acceptors (Lipinski definition) is 4. The van der Waals surface area contributed by atoms with E-state index in [0.717, 1.165) is 30.0 Å². The van der Waals surface area contributed by atoms with Gasteiger partial charge in [0.2, 0.25) is 0 Å². The monoisotopic (exact) mass is 408 g/mol. The highest BCUT2D eigenvalue weighted by molar-refractivity contribution is 5.36. The van der Waals surface area contributed by atoms with Gasteiger partial charge in [-0.15, -0.1) is 0 Å². The second kappa shape index (κ2) is 9.69. The van der Waals surface area contributed by atoms with Crippen LogP contribution in [0.3, 0.4) is 0 Å². The molecule has 1 fully saturated rings. The summed E-state index contributed by atoms with van der Waals surface area (Å²) in [6, 6.07) is 17.5. The Bertz CT molecular complexity index is 1010. The van der Waals surface area contributed by atoms with Crippen molar-refractivity contribution in [2.45, 2.75) is 32.1 Å². The molecule has 4 rings (SSSR count).